The molecule has 1 aliphatic rings. The summed E-state index contributed by atoms with van der Waals surface area (Å²) < 4.78 is 13.5. The number of likely N-dealkylation sites (tertiary alicyclic amines) is 1. The van der Waals surface area contributed by atoms with Crippen LogP contribution in [0.5, 0.6) is 0 Å². The van der Waals surface area contributed by atoms with E-state index in [2.05, 4.69) is 9.97 Å². The van der Waals surface area contributed by atoms with Gasteiger partial charge < -0.3 is 10.6 Å². The first-order chi connectivity index (χ1) is 13.0. The number of hydrogen-bond acceptors (Lipinski definition) is 5. The number of nitrogens with two attached hydrogens (primary N) is 1. The normalized spacial score (nSPS) is 17.2. The number of piperidine rings is 1. The Balaban J connectivity index is 1.70. The van der Waals surface area contributed by atoms with Crippen LogP contribution in [-0.4, -0.2) is 39.8 Å². The predicted octanol–water partition coefficient (Wildman–Crippen LogP) is 2.95. The van der Waals surface area contributed by atoms with Gasteiger partial charge in [-0.25, -0.2) is 9.37 Å². The molecule has 1 unspecified atom stereocenters. The Morgan fingerprint density at radius 2 is 2.15 bits per heavy atom. The van der Waals surface area contributed by atoms with E-state index in [-0.39, 0.29) is 17.4 Å². The Bertz CT molecular complexity index is 1020. The lowest BCUT2D eigenvalue weighted by atomic mass is 9.90. The highest BCUT2D eigenvalue weighted by Gasteiger charge is 2.29. The number of carbonyl (C=O) groups excluding carboxylic acids is 2. The maximum Gasteiger partial charge on any atom is 0.273 e. The molecule has 6 nitrogen and oxygen atoms in total. The van der Waals surface area contributed by atoms with Crippen LogP contribution in [0, 0.1) is 5.82 Å². The second-order valence-corrected chi connectivity index (χ2v) is 7.31. The Morgan fingerprint density at radius 3 is 2.89 bits per heavy atom. The van der Waals surface area contributed by atoms with Crippen molar-refractivity contribution < 1.29 is 14.0 Å². The van der Waals surface area contributed by atoms with Gasteiger partial charge in [0.2, 0.25) is 0 Å². The number of benzene rings is 1. The number of primary amides is 1. The smallest absolute Gasteiger partial charge is 0.273 e. The van der Waals surface area contributed by atoms with Crippen LogP contribution in [-0.2, 0) is 0 Å². The minimum atomic E-state index is -0.605. The summed E-state index contributed by atoms with van der Waals surface area (Å²) in [4.78, 5) is 35.0. The number of fused-ring (bicyclic) bond motifs is 1. The highest BCUT2D eigenvalue weighted by molar-refractivity contribution is 7.07. The van der Waals surface area contributed by atoms with Crippen molar-refractivity contribution >= 4 is 34.1 Å². The zero-order valence-electron chi connectivity index (χ0n) is 14.4. The van der Waals surface area contributed by atoms with Crippen LogP contribution in [0.4, 0.5) is 4.39 Å². The number of carbonyl (C=O) groups is 2. The Labute approximate surface area is 158 Å². The van der Waals surface area contributed by atoms with Gasteiger partial charge in [-0.05, 0) is 37.1 Å². The molecule has 8 heteroatoms. The van der Waals surface area contributed by atoms with Crippen molar-refractivity contribution in [1.29, 1.82) is 0 Å². The molecule has 0 saturated carbocycles. The van der Waals surface area contributed by atoms with E-state index in [1.54, 1.807) is 27.9 Å². The van der Waals surface area contributed by atoms with Gasteiger partial charge >= 0.3 is 0 Å². The fourth-order valence-electron chi connectivity index (χ4n) is 3.54. The summed E-state index contributed by atoms with van der Waals surface area (Å²) >= 11 is 1.38. The number of nitrogens with zero attached hydrogens (tertiary/aromatic N) is 3. The molecule has 1 aromatic carbocycles. The van der Waals surface area contributed by atoms with Crippen LogP contribution in [0.3, 0.4) is 0 Å². The Hall–Kier alpha value is -2.87. The maximum absolute atomic E-state index is 13.5. The summed E-state index contributed by atoms with van der Waals surface area (Å²) in [6.07, 6.45) is 1.59. The lowest BCUT2D eigenvalue weighted by Crippen LogP contribution is -2.40. The van der Waals surface area contributed by atoms with Crippen LogP contribution < -0.4 is 5.73 Å². The fourth-order valence-corrected chi connectivity index (χ4v) is 4.06. The van der Waals surface area contributed by atoms with E-state index in [9.17, 15) is 14.0 Å². The highest BCUT2D eigenvalue weighted by Crippen LogP contribution is 2.31. The van der Waals surface area contributed by atoms with Gasteiger partial charge in [-0.3, -0.25) is 14.6 Å². The molecule has 2 aromatic heterocycles. The molecule has 2 amide bonds. The van der Waals surface area contributed by atoms with Gasteiger partial charge in [0, 0.05) is 29.8 Å². The van der Waals surface area contributed by atoms with Gasteiger partial charge in [0.1, 0.15) is 11.5 Å². The molecule has 1 saturated heterocycles. The first kappa shape index (κ1) is 17.5. The number of halogens is 1. The third-order valence-electron chi connectivity index (χ3n) is 4.82. The van der Waals surface area contributed by atoms with Gasteiger partial charge in [0.05, 0.1) is 22.3 Å². The van der Waals surface area contributed by atoms with E-state index in [4.69, 9.17) is 5.73 Å². The quantitative estimate of drug-likeness (QED) is 0.752. The Morgan fingerprint density at radius 1 is 1.30 bits per heavy atom. The lowest BCUT2D eigenvalue weighted by molar-refractivity contribution is 0.0700. The monoisotopic (exact) mass is 384 g/mol. The summed E-state index contributed by atoms with van der Waals surface area (Å²) in [5.74, 6) is -1.24. The molecule has 1 fully saturated rings. The maximum atomic E-state index is 13.5. The van der Waals surface area contributed by atoms with Crippen molar-refractivity contribution in [2.24, 2.45) is 5.73 Å². The molecule has 0 radical (unpaired) electrons. The average Bonchev–Trinajstić information content (AvgIpc) is 3.21. The molecular weight excluding hydrogens is 367 g/mol. The van der Waals surface area contributed by atoms with Crippen molar-refractivity contribution in [1.82, 2.24) is 14.9 Å². The minimum Gasteiger partial charge on any atom is -0.366 e. The van der Waals surface area contributed by atoms with Crippen LogP contribution >= 0.6 is 11.3 Å². The van der Waals surface area contributed by atoms with E-state index < -0.39 is 11.7 Å². The molecule has 138 valence electrons. The molecule has 1 aliphatic heterocycles. The number of aromatic nitrogens is 2. The van der Waals surface area contributed by atoms with Gasteiger partial charge in [0.25, 0.3) is 11.8 Å². The molecule has 3 heterocycles. The summed E-state index contributed by atoms with van der Waals surface area (Å²) in [6, 6.07) is 5.84. The van der Waals surface area contributed by atoms with Crippen LogP contribution in [0.1, 0.15) is 45.3 Å². The topological polar surface area (TPSA) is 89.2 Å². The molecule has 0 bridgehead atoms. The van der Waals surface area contributed by atoms with Crippen molar-refractivity contribution in [3.63, 3.8) is 0 Å². The molecule has 1 atom stereocenters. The van der Waals surface area contributed by atoms with E-state index in [0.29, 0.717) is 35.4 Å². The fraction of sp³-hybridized carbons (Fsp3) is 0.263. The first-order valence-corrected chi connectivity index (χ1v) is 9.54. The highest BCUT2D eigenvalue weighted by atomic mass is 32.1. The van der Waals surface area contributed by atoms with E-state index in [1.165, 1.54) is 23.5 Å². The van der Waals surface area contributed by atoms with Crippen molar-refractivity contribution in [3.05, 3.63) is 57.9 Å². The zero-order chi connectivity index (χ0) is 19.0. The lowest BCUT2D eigenvalue weighted by Gasteiger charge is -2.32. The van der Waals surface area contributed by atoms with Crippen LogP contribution in [0.25, 0.3) is 10.9 Å². The predicted molar refractivity (Wildman–Crippen MR) is 100 cm³/mol. The average molecular weight is 384 g/mol. The number of pyridine rings is 1. The van der Waals surface area contributed by atoms with Crippen molar-refractivity contribution in [2.45, 2.75) is 18.8 Å². The molecule has 27 heavy (non-hydrogen) atoms. The summed E-state index contributed by atoms with van der Waals surface area (Å²) in [5, 5.41) is 2.25. The molecular formula is C19H17FN4O2S. The van der Waals surface area contributed by atoms with Crippen molar-refractivity contribution in [3.8, 4) is 0 Å². The zero-order valence-corrected chi connectivity index (χ0v) is 15.2. The van der Waals surface area contributed by atoms with E-state index in [0.717, 1.165) is 12.8 Å². The van der Waals surface area contributed by atoms with Gasteiger partial charge in [0.15, 0.2) is 0 Å². The van der Waals surface area contributed by atoms with Crippen molar-refractivity contribution in [2.75, 3.05) is 13.1 Å². The number of amides is 2. The standard InChI is InChI=1S/C19H17FN4O2S/c20-13-3-4-15-12(6-13)7-14(18(21)25)17(23-15)11-2-1-5-24(8-11)19(26)16-9-27-10-22-16/h3-4,6-7,9-11H,1-2,5,8H2,(H2,21,25). The van der Waals surface area contributed by atoms with Crippen LogP contribution in [0.15, 0.2) is 35.2 Å². The van der Waals surface area contributed by atoms with Crippen LogP contribution in [0.2, 0.25) is 0 Å². The number of hydrogen-bond donors (Lipinski definition) is 1. The molecule has 2 N–H and O–H groups in total. The van der Waals surface area contributed by atoms with Gasteiger partial charge in [-0.1, -0.05) is 0 Å². The second-order valence-electron chi connectivity index (χ2n) is 6.59. The molecule has 0 aliphatic carbocycles. The third kappa shape index (κ3) is 3.40. The summed E-state index contributed by atoms with van der Waals surface area (Å²) in [5.41, 5.74) is 9.06. The summed E-state index contributed by atoms with van der Waals surface area (Å²) in [7, 11) is 0. The van der Waals surface area contributed by atoms with E-state index in [1.807, 2.05) is 0 Å². The molecule has 0 spiro atoms. The number of thiazole rings is 1. The SMILES string of the molecule is NC(=O)c1cc2cc(F)ccc2nc1C1CCCN(C(=O)c2cscn2)C1. The largest absolute Gasteiger partial charge is 0.366 e. The second kappa shape index (κ2) is 7.03. The summed E-state index contributed by atoms with van der Waals surface area (Å²) in [6.45, 7) is 1.08. The van der Waals surface area contributed by atoms with Gasteiger partial charge in [-0.2, -0.15) is 0 Å². The number of rotatable bonds is 3. The van der Waals surface area contributed by atoms with E-state index >= 15 is 0 Å². The Kier molecular flexibility index (Phi) is 4.57. The minimum absolute atomic E-state index is 0.113. The molecule has 3 aromatic rings. The third-order valence-corrected chi connectivity index (χ3v) is 5.40. The van der Waals surface area contributed by atoms with Gasteiger partial charge in [-0.15, -0.1) is 11.3 Å². The first-order valence-electron chi connectivity index (χ1n) is 8.60. The molecule has 4 rings (SSSR count).